The molecule has 0 spiro atoms. The molecule has 134 valence electrons. The van der Waals surface area contributed by atoms with Crippen molar-refractivity contribution in [3.05, 3.63) is 11.8 Å². The average Bonchev–Trinajstić information content (AvgIpc) is 2.85. The van der Waals surface area contributed by atoms with Crippen LogP contribution in [0.25, 0.3) is 0 Å². The lowest BCUT2D eigenvalue weighted by atomic mass is 9.45. The van der Waals surface area contributed by atoms with Crippen LogP contribution in [0.15, 0.2) is 11.8 Å². The molecule has 0 aliphatic heterocycles. The van der Waals surface area contributed by atoms with Gasteiger partial charge >= 0.3 is 0 Å². The van der Waals surface area contributed by atoms with Gasteiger partial charge in [0.25, 0.3) is 0 Å². The first kappa shape index (κ1) is 16.6. The molecule has 0 amide bonds. The Kier molecular flexibility index (Phi) is 3.87. The van der Waals surface area contributed by atoms with Gasteiger partial charge in [-0.3, -0.25) is 4.79 Å². The summed E-state index contributed by atoms with van der Waals surface area (Å²) in [7, 11) is 1.64. The maximum atomic E-state index is 12.4. The quantitative estimate of drug-likeness (QED) is 0.581. The van der Waals surface area contributed by atoms with Gasteiger partial charge in [0.15, 0.2) is 5.78 Å². The van der Waals surface area contributed by atoms with Gasteiger partial charge in [0, 0.05) is 12.0 Å². The molecule has 4 saturated carbocycles. The largest absolute Gasteiger partial charge is 0.504 e. The summed E-state index contributed by atoms with van der Waals surface area (Å²) < 4.78 is 5.20. The highest BCUT2D eigenvalue weighted by Crippen LogP contribution is 2.66. The van der Waals surface area contributed by atoms with Crippen molar-refractivity contribution in [3.63, 3.8) is 0 Å². The number of allylic oxidation sites excluding steroid dienone is 1. The van der Waals surface area contributed by atoms with Gasteiger partial charge in [-0.05, 0) is 79.4 Å². The van der Waals surface area contributed by atoms with E-state index in [1.54, 1.807) is 13.4 Å². The van der Waals surface area contributed by atoms with Gasteiger partial charge in [-0.25, -0.2) is 0 Å². The number of ether oxygens (including phenoxy) is 1. The topological polar surface area (TPSA) is 46.5 Å². The molecule has 24 heavy (non-hydrogen) atoms. The van der Waals surface area contributed by atoms with Crippen LogP contribution in [0.4, 0.5) is 0 Å². The third kappa shape index (κ3) is 2.16. The Balaban J connectivity index is 1.65. The van der Waals surface area contributed by atoms with E-state index in [9.17, 15) is 9.90 Å². The molecule has 7 atom stereocenters. The van der Waals surface area contributed by atoms with E-state index in [1.165, 1.54) is 25.7 Å². The van der Waals surface area contributed by atoms with E-state index in [2.05, 4.69) is 13.8 Å². The number of carbonyl (C=O) groups excluding carboxylic acids is 1. The normalized spacial score (nSPS) is 52.6. The molecule has 0 aromatic carbocycles. The molecule has 0 aromatic heterocycles. The fraction of sp³-hybridized carbons (Fsp3) is 0.857. The van der Waals surface area contributed by atoms with Crippen LogP contribution in [0.5, 0.6) is 0 Å². The molecule has 4 aliphatic rings. The van der Waals surface area contributed by atoms with E-state index < -0.39 is 0 Å². The van der Waals surface area contributed by atoms with E-state index >= 15 is 0 Å². The fourth-order valence-electron chi connectivity index (χ4n) is 7.23. The molecule has 0 aromatic rings. The SMILES string of the molecule is CO/C=C1\C[C@]2(C)C3CC[C@]4(C)C(O)CCC4C3CC[C@H]2CC1=O. The number of hydrogen-bond acceptors (Lipinski definition) is 3. The molecule has 4 fully saturated rings. The van der Waals surface area contributed by atoms with Gasteiger partial charge in [0.1, 0.15) is 0 Å². The van der Waals surface area contributed by atoms with Crippen LogP contribution in [0.3, 0.4) is 0 Å². The smallest absolute Gasteiger partial charge is 0.162 e. The van der Waals surface area contributed by atoms with Crippen molar-refractivity contribution in [2.75, 3.05) is 7.11 Å². The van der Waals surface area contributed by atoms with Crippen LogP contribution in [0.1, 0.15) is 65.2 Å². The third-order valence-corrected chi connectivity index (χ3v) is 8.64. The molecule has 0 radical (unpaired) electrons. The number of aliphatic hydroxyl groups excluding tert-OH is 1. The molecule has 4 rings (SSSR count). The van der Waals surface area contributed by atoms with Crippen molar-refractivity contribution in [3.8, 4) is 0 Å². The molecular weight excluding hydrogens is 300 g/mol. The molecule has 3 heteroatoms. The number of fused-ring (bicyclic) bond motifs is 5. The summed E-state index contributed by atoms with van der Waals surface area (Å²) in [6.45, 7) is 4.78. The summed E-state index contributed by atoms with van der Waals surface area (Å²) in [5.41, 5.74) is 1.27. The van der Waals surface area contributed by atoms with Crippen molar-refractivity contribution in [2.24, 2.45) is 34.5 Å². The molecule has 4 aliphatic carbocycles. The zero-order valence-electron chi connectivity index (χ0n) is 15.4. The van der Waals surface area contributed by atoms with Crippen molar-refractivity contribution in [1.29, 1.82) is 0 Å². The Morgan fingerprint density at radius 3 is 2.58 bits per heavy atom. The van der Waals surface area contributed by atoms with Crippen LogP contribution in [-0.2, 0) is 9.53 Å². The monoisotopic (exact) mass is 332 g/mol. The Morgan fingerprint density at radius 1 is 1.08 bits per heavy atom. The minimum Gasteiger partial charge on any atom is -0.504 e. The Bertz CT molecular complexity index is 567. The number of ketones is 1. The molecule has 3 nitrogen and oxygen atoms in total. The number of hydrogen-bond donors (Lipinski definition) is 1. The van der Waals surface area contributed by atoms with Crippen LogP contribution in [-0.4, -0.2) is 24.1 Å². The Morgan fingerprint density at radius 2 is 1.83 bits per heavy atom. The molecule has 0 saturated heterocycles. The summed E-state index contributed by atoms with van der Waals surface area (Å²) in [5, 5.41) is 10.5. The summed E-state index contributed by atoms with van der Waals surface area (Å²) in [5.74, 6) is 2.95. The van der Waals surface area contributed by atoms with Crippen molar-refractivity contribution in [1.82, 2.24) is 0 Å². The first-order chi connectivity index (χ1) is 11.4. The second-order valence-electron chi connectivity index (χ2n) is 9.48. The molecule has 4 unspecified atom stereocenters. The van der Waals surface area contributed by atoms with Gasteiger partial charge in [0.2, 0.25) is 0 Å². The first-order valence-electron chi connectivity index (χ1n) is 9.83. The van der Waals surface area contributed by atoms with Crippen LogP contribution in [0, 0.1) is 34.5 Å². The van der Waals surface area contributed by atoms with E-state index in [4.69, 9.17) is 4.74 Å². The number of carbonyl (C=O) groups is 1. The lowest BCUT2D eigenvalue weighted by molar-refractivity contribution is -0.135. The second kappa shape index (κ2) is 5.59. The highest BCUT2D eigenvalue weighted by Gasteiger charge is 2.60. The van der Waals surface area contributed by atoms with Gasteiger partial charge in [-0.2, -0.15) is 0 Å². The third-order valence-electron chi connectivity index (χ3n) is 8.64. The predicted molar refractivity (Wildman–Crippen MR) is 93.2 cm³/mol. The van der Waals surface area contributed by atoms with Crippen molar-refractivity contribution in [2.45, 2.75) is 71.3 Å². The lowest BCUT2D eigenvalue weighted by Gasteiger charge is -2.60. The highest BCUT2D eigenvalue weighted by atomic mass is 16.5. The summed E-state index contributed by atoms with van der Waals surface area (Å²) in [4.78, 5) is 12.4. The minimum atomic E-state index is -0.106. The zero-order valence-corrected chi connectivity index (χ0v) is 15.4. The van der Waals surface area contributed by atoms with Crippen LogP contribution in [0.2, 0.25) is 0 Å². The van der Waals surface area contributed by atoms with Crippen LogP contribution < -0.4 is 0 Å². The van der Waals surface area contributed by atoms with E-state index in [0.717, 1.165) is 30.8 Å². The summed E-state index contributed by atoms with van der Waals surface area (Å²) >= 11 is 0. The number of methoxy groups -OCH3 is 1. The van der Waals surface area contributed by atoms with Gasteiger partial charge in [-0.1, -0.05) is 13.8 Å². The maximum Gasteiger partial charge on any atom is 0.162 e. The number of rotatable bonds is 1. The zero-order chi connectivity index (χ0) is 17.1. The molecule has 0 heterocycles. The highest BCUT2D eigenvalue weighted by molar-refractivity contribution is 5.96. The summed E-state index contributed by atoms with van der Waals surface area (Å²) in [6, 6.07) is 0. The van der Waals surface area contributed by atoms with Crippen molar-refractivity contribution >= 4 is 5.78 Å². The lowest BCUT2D eigenvalue weighted by Crippen LogP contribution is -2.54. The van der Waals surface area contributed by atoms with E-state index in [-0.39, 0.29) is 16.9 Å². The van der Waals surface area contributed by atoms with E-state index in [0.29, 0.717) is 30.0 Å². The molecular formula is C21H32O3. The van der Waals surface area contributed by atoms with E-state index in [1.807, 2.05) is 0 Å². The molecule has 0 bridgehead atoms. The maximum absolute atomic E-state index is 12.4. The van der Waals surface area contributed by atoms with Gasteiger partial charge < -0.3 is 9.84 Å². The van der Waals surface area contributed by atoms with Crippen molar-refractivity contribution < 1.29 is 14.6 Å². The molecule has 1 N–H and O–H groups in total. The second-order valence-corrected chi connectivity index (χ2v) is 9.48. The standard InChI is InChI=1S/C21H32O3/c1-20-9-8-17-15(16(20)6-7-19(20)23)5-4-14-10-18(22)13(12-24-3)11-21(14,17)2/h12,14-17,19,23H,4-11H2,1-3H3/b13-12+/t14-,15?,16?,17?,19?,20-,21-/m0/s1. The van der Waals surface area contributed by atoms with Crippen LogP contribution >= 0.6 is 0 Å². The Hall–Kier alpha value is -0.830. The number of Topliss-reactive ketones (excluding diaryl/α,β-unsaturated/α-hetero) is 1. The summed E-state index contributed by atoms with van der Waals surface area (Å²) in [6.07, 6.45) is 10.2. The fourth-order valence-corrected chi connectivity index (χ4v) is 7.23. The first-order valence-corrected chi connectivity index (χ1v) is 9.83. The van der Waals surface area contributed by atoms with Gasteiger partial charge in [0.05, 0.1) is 19.5 Å². The average molecular weight is 332 g/mol. The predicted octanol–water partition coefficient (Wildman–Crippen LogP) is 4.10. The number of aliphatic hydroxyl groups is 1. The van der Waals surface area contributed by atoms with Gasteiger partial charge in [-0.15, -0.1) is 0 Å². The minimum absolute atomic E-state index is 0.106. The Labute approximate surface area is 145 Å².